The quantitative estimate of drug-likeness (QED) is 0.856. The number of alkyl halides is 3. The van der Waals surface area contributed by atoms with E-state index in [9.17, 15) is 13.2 Å². The summed E-state index contributed by atoms with van der Waals surface area (Å²) in [7, 11) is 0. The van der Waals surface area contributed by atoms with E-state index in [2.05, 4.69) is 15.3 Å². The molecule has 1 aromatic heterocycles. The molecule has 22 heavy (non-hydrogen) atoms. The SMILES string of the molecule is CC1CC(OCc2ccccc2)=Nn2c1nnc2C(F)(F)F. The van der Waals surface area contributed by atoms with Gasteiger partial charge in [-0.3, -0.25) is 0 Å². The van der Waals surface area contributed by atoms with Crippen molar-refractivity contribution in [2.75, 3.05) is 0 Å². The molecule has 8 heteroatoms. The normalized spacial score (nSPS) is 17.8. The molecule has 1 aliphatic rings. The average Bonchev–Trinajstić information content (AvgIpc) is 2.91. The van der Waals surface area contributed by atoms with E-state index in [4.69, 9.17) is 4.74 Å². The number of rotatable bonds is 2. The molecule has 0 amide bonds. The van der Waals surface area contributed by atoms with Gasteiger partial charge in [-0.25, -0.2) is 0 Å². The van der Waals surface area contributed by atoms with E-state index < -0.39 is 12.0 Å². The predicted molar refractivity (Wildman–Crippen MR) is 72.1 cm³/mol. The van der Waals surface area contributed by atoms with E-state index in [1.165, 1.54) is 0 Å². The number of hydrogen-bond acceptors (Lipinski definition) is 4. The average molecular weight is 310 g/mol. The maximum absolute atomic E-state index is 12.9. The van der Waals surface area contributed by atoms with Gasteiger partial charge in [0.2, 0.25) is 5.90 Å². The first kappa shape index (κ1) is 14.6. The minimum Gasteiger partial charge on any atom is -0.475 e. The molecule has 0 bridgehead atoms. The topological polar surface area (TPSA) is 52.3 Å². The van der Waals surface area contributed by atoms with Gasteiger partial charge in [0, 0.05) is 12.3 Å². The Morgan fingerprint density at radius 2 is 1.95 bits per heavy atom. The largest absolute Gasteiger partial charge is 0.475 e. The molecule has 0 spiro atoms. The van der Waals surface area contributed by atoms with Crippen molar-refractivity contribution in [3.05, 3.63) is 47.5 Å². The van der Waals surface area contributed by atoms with Crippen LogP contribution in [-0.2, 0) is 17.5 Å². The summed E-state index contributed by atoms with van der Waals surface area (Å²) in [6.45, 7) is 2.02. The van der Waals surface area contributed by atoms with Crippen molar-refractivity contribution in [3.63, 3.8) is 0 Å². The molecular weight excluding hydrogens is 297 g/mol. The van der Waals surface area contributed by atoms with Crippen LogP contribution in [0.1, 0.15) is 36.5 Å². The zero-order valence-corrected chi connectivity index (χ0v) is 11.7. The maximum Gasteiger partial charge on any atom is 0.453 e. The molecule has 5 nitrogen and oxygen atoms in total. The van der Waals surface area contributed by atoms with Crippen molar-refractivity contribution in [1.29, 1.82) is 0 Å². The van der Waals surface area contributed by atoms with Gasteiger partial charge in [-0.1, -0.05) is 37.3 Å². The van der Waals surface area contributed by atoms with E-state index in [-0.39, 0.29) is 24.2 Å². The summed E-state index contributed by atoms with van der Waals surface area (Å²) in [6.07, 6.45) is -4.21. The van der Waals surface area contributed by atoms with Crippen molar-refractivity contribution < 1.29 is 17.9 Å². The minimum atomic E-state index is -4.60. The second-order valence-corrected chi connectivity index (χ2v) is 5.06. The first-order chi connectivity index (χ1) is 10.4. The van der Waals surface area contributed by atoms with E-state index in [1.807, 2.05) is 30.3 Å². The zero-order valence-electron chi connectivity index (χ0n) is 11.7. The number of fused-ring (bicyclic) bond motifs is 1. The molecule has 2 aromatic rings. The molecule has 0 aliphatic carbocycles. The van der Waals surface area contributed by atoms with E-state index in [0.717, 1.165) is 10.2 Å². The second kappa shape index (κ2) is 5.43. The van der Waals surface area contributed by atoms with Gasteiger partial charge in [0.1, 0.15) is 6.61 Å². The molecule has 1 unspecified atom stereocenters. The van der Waals surface area contributed by atoms with E-state index >= 15 is 0 Å². The number of hydrogen-bond donors (Lipinski definition) is 0. The minimum absolute atomic E-state index is 0.194. The number of ether oxygens (including phenoxy) is 1. The van der Waals surface area contributed by atoms with Crippen LogP contribution in [0, 0.1) is 0 Å². The van der Waals surface area contributed by atoms with Crippen molar-refractivity contribution in [3.8, 4) is 0 Å². The molecule has 0 saturated carbocycles. The van der Waals surface area contributed by atoms with E-state index in [1.54, 1.807) is 6.92 Å². The lowest BCUT2D eigenvalue weighted by Crippen LogP contribution is -2.22. The molecule has 2 heterocycles. The third-order valence-electron chi connectivity index (χ3n) is 3.30. The number of halogens is 3. The zero-order chi connectivity index (χ0) is 15.7. The van der Waals surface area contributed by atoms with Crippen molar-refractivity contribution in [1.82, 2.24) is 14.9 Å². The van der Waals surface area contributed by atoms with Gasteiger partial charge in [0.15, 0.2) is 5.82 Å². The van der Waals surface area contributed by atoms with Crippen molar-refractivity contribution in [2.45, 2.75) is 32.0 Å². The van der Waals surface area contributed by atoms with Crippen LogP contribution in [0.3, 0.4) is 0 Å². The summed E-state index contributed by atoms with van der Waals surface area (Å²) in [5.74, 6) is -0.935. The highest BCUT2D eigenvalue weighted by Crippen LogP contribution is 2.32. The van der Waals surface area contributed by atoms with Crippen molar-refractivity contribution in [2.24, 2.45) is 5.10 Å². The fraction of sp³-hybridized carbons (Fsp3) is 0.357. The molecular formula is C14H13F3N4O. The Morgan fingerprint density at radius 1 is 1.23 bits per heavy atom. The lowest BCUT2D eigenvalue weighted by Gasteiger charge is -2.20. The standard InChI is InChI=1S/C14H13F3N4O/c1-9-7-11(22-8-10-5-3-2-4-6-10)20-21-12(9)18-19-13(21)14(15,16)17/h2-6,9H,7-8H2,1H3. The van der Waals surface area contributed by atoms with Crippen LogP contribution in [0.15, 0.2) is 35.4 Å². The predicted octanol–water partition coefficient (Wildman–Crippen LogP) is 3.18. The molecule has 0 fully saturated rings. The molecule has 0 N–H and O–H groups in total. The van der Waals surface area contributed by atoms with Gasteiger partial charge in [0.25, 0.3) is 5.82 Å². The monoisotopic (exact) mass is 310 g/mol. The van der Waals surface area contributed by atoms with Gasteiger partial charge in [-0.05, 0) is 5.56 Å². The number of benzene rings is 1. The maximum atomic E-state index is 12.9. The molecule has 0 saturated heterocycles. The van der Waals surface area contributed by atoms with Gasteiger partial charge < -0.3 is 4.74 Å². The van der Waals surface area contributed by atoms with Crippen LogP contribution in [0.5, 0.6) is 0 Å². The molecule has 1 aliphatic heterocycles. The summed E-state index contributed by atoms with van der Waals surface area (Å²) in [5, 5.41) is 10.7. The van der Waals surface area contributed by atoms with Gasteiger partial charge >= 0.3 is 6.18 Å². The van der Waals surface area contributed by atoms with Crippen LogP contribution in [-0.4, -0.2) is 20.8 Å². The lowest BCUT2D eigenvalue weighted by atomic mass is 10.1. The smallest absolute Gasteiger partial charge is 0.453 e. The van der Waals surface area contributed by atoms with Crippen LogP contribution >= 0.6 is 0 Å². The Kier molecular flexibility index (Phi) is 3.59. The van der Waals surface area contributed by atoms with Gasteiger partial charge in [0.05, 0.1) is 0 Å². The summed E-state index contributed by atoms with van der Waals surface area (Å²) < 4.78 is 44.9. The van der Waals surface area contributed by atoms with Gasteiger partial charge in [-0.2, -0.15) is 17.8 Å². The third-order valence-corrected chi connectivity index (χ3v) is 3.30. The van der Waals surface area contributed by atoms with Crippen LogP contribution in [0.2, 0.25) is 0 Å². The Labute approximate surface area is 124 Å². The Morgan fingerprint density at radius 3 is 2.64 bits per heavy atom. The molecule has 3 rings (SSSR count). The summed E-state index contributed by atoms with van der Waals surface area (Å²) in [4.78, 5) is 0. The molecule has 116 valence electrons. The van der Waals surface area contributed by atoms with E-state index in [0.29, 0.717) is 6.42 Å². The number of aromatic nitrogens is 3. The fourth-order valence-electron chi connectivity index (χ4n) is 2.21. The number of nitrogens with zero attached hydrogens (tertiary/aromatic N) is 4. The van der Waals surface area contributed by atoms with Crippen LogP contribution in [0.25, 0.3) is 0 Å². The summed E-state index contributed by atoms with van der Waals surface area (Å²) in [5.41, 5.74) is 0.920. The fourth-order valence-corrected chi connectivity index (χ4v) is 2.21. The van der Waals surface area contributed by atoms with Gasteiger partial charge in [-0.15, -0.1) is 15.3 Å². The summed E-state index contributed by atoms with van der Waals surface area (Å²) >= 11 is 0. The van der Waals surface area contributed by atoms with Crippen LogP contribution in [0.4, 0.5) is 13.2 Å². The Hall–Kier alpha value is -2.38. The highest BCUT2D eigenvalue weighted by Gasteiger charge is 2.40. The highest BCUT2D eigenvalue weighted by atomic mass is 19.4. The molecule has 0 radical (unpaired) electrons. The molecule has 1 aromatic carbocycles. The third kappa shape index (κ3) is 2.81. The molecule has 1 atom stereocenters. The van der Waals surface area contributed by atoms with Crippen LogP contribution < -0.4 is 0 Å². The summed E-state index contributed by atoms with van der Waals surface area (Å²) in [6, 6.07) is 9.35. The first-order valence-corrected chi connectivity index (χ1v) is 6.72. The lowest BCUT2D eigenvalue weighted by molar-refractivity contribution is -0.147. The highest BCUT2D eigenvalue weighted by molar-refractivity contribution is 5.77. The Bertz CT molecular complexity index is 694. The second-order valence-electron chi connectivity index (χ2n) is 5.06. The van der Waals surface area contributed by atoms with Crippen molar-refractivity contribution >= 4 is 5.90 Å². The Balaban J connectivity index is 1.84. The first-order valence-electron chi connectivity index (χ1n) is 6.72.